The third kappa shape index (κ3) is 2.23. The Morgan fingerprint density at radius 1 is 1.25 bits per heavy atom. The minimum absolute atomic E-state index is 0.181. The fraction of sp³-hybridized carbons (Fsp3) is 0.167. The maximum absolute atomic E-state index is 13.2. The number of para-hydroxylation sites is 1. The third-order valence-corrected chi connectivity index (χ3v) is 2.25. The van der Waals surface area contributed by atoms with Crippen molar-refractivity contribution >= 4 is 0 Å². The molecule has 16 heavy (non-hydrogen) atoms. The van der Waals surface area contributed by atoms with Gasteiger partial charge in [-0.1, -0.05) is 12.1 Å². The van der Waals surface area contributed by atoms with Crippen molar-refractivity contribution in [3.05, 3.63) is 53.7 Å². The van der Waals surface area contributed by atoms with E-state index in [9.17, 15) is 4.39 Å². The Hall–Kier alpha value is -1.81. The highest BCUT2D eigenvalue weighted by molar-refractivity contribution is 5.24. The summed E-state index contributed by atoms with van der Waals surface area (Å²) in [6, 6.07) is 8.02. The molecule has 1 aromatic carbocycles. The van der Waals surface area contributed by atoms with Gasteiger partial charge in [-0.2, -0.15) is 0 Å². The van der Waals surface area contributed by atoms with Crippen molar-refractivity contribution in [3.63, 3.8) is 0 Å². The first kappa shape index (κ1) is 10.7. The van der Waals surface area contributed by atoms with Gasteiger partial charge >= 0.3 is 0 Å². The van der Waals surface area contributed by atoms with E-state index < -0.39 is 0 Å². The summed E-state index contributed by atoms with van der Waals surface area (Å²) in [6.45, 7) is 0.562. The molecule has 0 aliphatic carbocycles. The first-order valence-corrected chi connectivity index (χ1v) is 4.94. The SMILES string of the molecule is NCc1ccoc1COc1ccccc1F. The van der Waals surface area contributed by atoms with E-state index in [0.29, 0.717) is 12.3 Å². The topological polar surface area (TPSA) is 48.4 Å². The molecule has 4 heteroatoms. The van der Waals surface area contributed by atoms with E-state index >= 15 is 0 Å². The van der Waals surface area contributed by atoms with E-state index in [1.807, 2.05) is 0 Å². The van der Waals surface area contributed by atoms with Gasteiger partial charge in [0.2, 0.25) is 0 Å². The quantitative estimate of drug-likeness (QED) is 0.862. The summed E-state index contributed by atoms with van der Waals surface area (Å²) >= 11 is 0. The smallest absolute Gasteiger partial charge is 0.165 e. The van der Waals surface area contributed by atoms with Gasteiger partial charge in [0.25, 0.3) is 0 Å². The van der Waals surface area contributed by atoms with Crippen LogP contribution in [-0.2, 0) is 13.2 Å². The number of furan rings is 1. The molecule has 0 amide bonds. The molecule has 0 unspecified atom stereocenters. The van der Waals surface area contributed by atoms with Crippen molar-refractivity contribution in [2.24, 2.45) is 5.73 Å². The van der Waals surface area contributed by atoms with Gasteiger partial charge < -0.3 is 14.9 Å². The Kier molecular flexibility index (Phi) is 3.22. The summed E-state index contributed by atoms with van der Waals surface area (Å²) < 4.78 is 23.7. The van der Waals surface area contributed by atoms with Gasteiger partial charge in [-0.05, 0) is 18.2 Å². The van der Waals surface area contributed by atoms with Gasteiger partial charge in [-0.25, -0.2) is 4.39 Å². The monoisotopic (exact) mass is 221 g/mol. The van der Waals surface area contributed by atoms with Crippen molar-refractivity contribution in [2.75, 3.05) is 0 Å². The van der Waals surface area contributed by atoms with E-state index in [2.05, 4.69) is 0 Å². The normalized spacial score (nSPS) is 10.4. The number of rotatable bonds is 4. The van der Waals surface area contributed by atoms with Crippen LogP contribution in [0.3, 0.4) is 0 Å². The van der Waals surface area contributed by atoms with Crippen LogP contribution in [0.25, 0.3) is 0 Å². The standard InChI is InChI=1S/C12H12FNO2/c13-10-3-1-2-4-11(10)16-8-12-9(7-14)5-6-15-12/h1-6H,7-8,14H2. The lowest BCUT2D eigenvalue weighted by Crippen LogP contribution is -2.02. The maximum Gasteiger partial charge on any atom is 0.165 e. The molecule has 2 rings (SSSR count). The molecule has 3 nitrogen and oxygen atoms in total. The van der Waals surface area contributed by atoms with Crippen molar-refractivity contribution in [1.82, 2.24) is 0 Å². The molecule has 0 aliphatic rings. The van der Waals surface area contributed by atoms with Gasteiger partial charge in [-0.15, -0.1) is 0 Å². The van der Waals surface area contributed by atoms with Crippen molar-refractivity contribution in [3.8, 4) is 5.75 Å². The zero-order chi connectivity index (χ0) is 11.4. The minimum atomic E-state index is -0.386. The number of nitrogens with two attached hydrogens (primary N) is 1. The van der Waals surface area contributed by atoms with Crippen LogP contribution >= 0.6 is 0 Å². The zero-order valence-electron chi connectivity index (χ0n) is 8.65. The minimum Gasteiger partial charge on any atom is -0.483 e. The molecule has 0 aliphatic heterocycles. The summed E-state index contributed by atoms with van der Waals surface area (Å²) in [5.74, 6) is 0.455. The molecule has 0 atom stereocenters. The molecule has 0 fully saturated rings. The Morgan fingerprint density at radius 2 is 2.06 bits per heavy atom. The summed E-state index contributed by atoms with van der Waals surface area (Å²) in [7, 11) is 0. The van der Waals surface area contributed by atoms with Gasteiger partial charge in [0, 0.05) is 12.1 Å². The van der Waals surface area contributed by atoms with E-state index in [-0.39, 0.29) is 18.2 Å². The van der Waals surface area contributed by atoms with Gasteiger partial charge in [0.15, 0.2) is 11.6 Å². The molecule has 1 heterocycles. The zero-order valence-corrected chi connectivity index (χ0v) is 8.65. The fourth-order valence-corrected chi connectivity index (χ4v) is 1.38. The maximum atomic E-state index is 13.2. The second-order valence-electron chi connectivity index (χ2n) is 3.29. The lowest BCUT2D eigenvalue weighted by atomic mass is 10.2. The van der Waals surface area contributed by atoms with Crippen LogP contribution in [0.1, 0.15) is 11.3 Å². The number of hydrogen-bond donors (Lipinski definition) is 1. The van der Waals surface area contributed by atoms with Gasteiger partial charge in [-0.3, -0.25) is 0 Å². The molecule has 0 radical (unpaired) electrons. The third-order valence-electron chi connectivity index (χ3n) is 2.25. The van der Waals surface area contributed by atoms with Crippen LogP contribution in [0.2, 0.25) is 0 Å². The van der Waals surface area contributed by atoms with Crippen LogP contribution in [0.15, 0.2) is 41.0 Å². The van der Waals surface area contributed by atoms with Crippen molar-refractivity contribution < 1.29 is 13.5 Å². The summed E-state index contributed by atoms with van der Waals surface area (Å²) in [5.41, 5.74) is 6.38. The highest BCUT2D eigenvalue weighted by atomic mass is 19.1. The number of hydrogen-bond acceptors (Lipinski definition) is 3. The molecule has 1 aromatic heterocycles. The second-order valence-corrected chi connectivity index (χ2v) is 3.29. The Balaban J connectivity index is 2.05. The summed E-state index contributed by atoms with van der Waals surface area (Å²) in [5, 5.41) is 0. The number of ether oxygens (including phenoxy) is 1. The molecule has 0 bridgehead atoms. The average Bonchev–Trinajstić information content (AvgIpc) is 2.75. The molecule has 2 N–H and O–H groups in total. The predicted molar refractivity (Wildman–Crippen MR) is 57.3 cm³/mol. The molecule has 84 valence electrons. The Bertz CT molecular complexity index is 468. The van der Waals surface area contributed by atoms with E-state index in [1.54, 1.807) is 30.5 Å². The van der Waals surface area contributed by atoms with Crippen LogP contribution in [0.5, 0.6) is 5.75 Å². The molecule has 0 saturated carbocycles. The fourth-order valence-electron chi connectivity index (χ4n) is 1.38. The highest BCUT2D eigenvalue weighted by Gasteiger charge is 2.07. The van der Waals surface area contributed by atoms with Gasteiger partial charge in [0.05, 0.1) is 6.26 Å². The van der Waals surface area contributed by atoms with Crippen molar-refractivity contribution in [2.45, 2.75) is 13.2 Å². The lowest BCUT2D eigenvalue weighted by Gasteiger charge is -2.06. The molecule has 0 saturated heterocycles. The van der Waals surface area contributed by atoms with Crippen LogP contribution in [0.4, 0.5) is 4.39 Å². The first-order valence-electron chi connectivity index (χ1n) is 4.94. The molecule has 2 aromatic rings. The predicted octanol–water partition coefficient (Wildman–Crippen LogP) is 2.46. The summed E-state index contributed by atoms with van der Waals surface area (Å²) in [6.07, 6.45) is 1.54. The molecular weight excluding hydrogens is 209 g/mol. The first-order chi connectivity index (χ1) is 7.81. The van der Waals surface area contributed by atoms with E-state index in [0.717, 1.165) is 5.56 Å². The Labute approximate surface area is 92.6 Å². The van der Waals surface area contributed by atoms with Crippen LogP contribution < -0.4 is 10.5 Å². The van der Waals surface area contributed by atoms with Crippen molar-refractivity contribution in [1.29, 1.82) is 0 Å². The van der Waals surface area contributed by atoms with E-state index in [1.165, 1.54) is 6.07 Å². The lowest BCUT2D eigenvalue weighted by molar-refractivity contribution is 0.257. The molecular formula is C12H12FNO2. The average molecular weight is 221 g/mol. The van der Waals surface area contributed by atoms with Crippen LogP contribution in [0, 0.1) is 5.82 Å². The Morgan fingerprint density at radius 3 is 2.81 bits per heavy atom. The summed E-state index contributed by atoms with van der Waals surface area (Å²) in [4.78, 5) is 0. The second kappa shape index (κ2) is 4.81. The molecule has 0 spiro atoms. The highest BCUT2D eigenvalue weighted by Crippen LogP contribution is 2.18. The van der Waals surface area contributed by atoms with Crippen LogP contribution in [-0.4, -0.2) is 0 Å². The number of halogens is 1. The van der Waals surface area contributed by atoms with Gasteiger partial charge in [0.1, 0.15) is 12.4 Å². The largest absolute Gasteiger partial charge is 0.483 e. The van der Waals surface area contributed by atoms with E-state index in [4.69, 9.17) is 14.9 Å². The number of benzene rings is 1.